The Labute approximate surface area is 139 Å². The van der Waals surface area contributed by atoms with Gasteiger partial charge >= 0.3 is 5.69 Å². The van der Waals surface area contributed by atoms with E-state index in [0.29, 0.717) is 16.1 Å². The minimum atomic E-state index is -0.408. The third kappa shape index (κ3) is 2.17. The summed E-state index contributed by atoms with van der Waals surface area (Å²) < 4.78 is 2.33. The molecule has 0 unspecified atom stereocenters. The fraction of sp³-hybridized carbons (Fsp3) is 0.133. The van der Waals surface area contributed by atoms with Gasteiger partial charge in [0.05, 0.1) is 17.7 Å². The standard InChI is InChI=1S/C15H11N5O3S/c21-13-10-4-1-2-5-11(10)14(22)18(13)7-8-19-15(23)20(17-16-19)12-6-3-9-24-12/h1-6,9H,7-8H2. The van der Waals surface area contributed by atoms with Crippen LogP contribution in [0.3, 0.4) is 0 Å². The SMILES string of the molecule is O=C1c2ccccc2C(=O)N1CCn1nnn(-c2cccs2)c1=O. The minimum absolute atomic E-state index is 0.0649. The second kappa shape index (κ2) is 5.53. The number of fused-ring (bicyclic) bond motifs is 1. The first-order chi connectivity index (χ1) is 11.7. The van der Waals surface area contributed by atoms with Crippen LogP contribution in [0.15, 0.2) is 46.6 Å². The minimum Gasteiger partial charge on any atom is -0.272 e. The third-order valence-corrected chi connectivity index (χ3v) is 4.61. The second-order valence-corrected chi connectivity index (χ2v) is 6.08. The van der Waals surface area contributed by atoms with Crippen molar-refractivity contribution in [3.63, 3.8) is 0 Å². The molecule has 0 aliphatic carbocycles. The molecule has 24 heavy (non-hydrogen) atoms. The first-order valence-corrected chi connectivity index (χ1v) is 8.07. The molecule has 1 aliphatic rings. The van der Waals surface area contributed by atoms with Gasteiger partial charge in [-0.1, -0.05) is 12.1 Å². The summed E-state index contributed by atoms with van der Waals surface area (Å²) in [4.78, 5) is 38.0. The van der Waals surface area contributed by atoms with Crippen molar-refractivity contribution in [3.8, 4) is 5.00 Å². The van der Waals surface area contributed by atoms with E-state index in [2.05, 4.69) is 10.4 Å². The van der Waals surface area contributed by atoms with Crippen LogP contribution < -0.4 is 5.69 Å². The van der Waals surface area contributed by atoms with Crippen LogP contribution in [0.25, 0.3) is 5.00 Å². The van der Waals surface area contributed by atoms with Gasteiger partial charge in [-0.15, -0.1) is 11.3 Å². The van der Waals surface area contributed by atoms with E-state index < -0.39 is 5.69 Å². The molecule has 0 bridgehead atoms. The molecule has 3 aromatic rings. The Balaban J connectivity index is 1.54. The zero-order chi connectivity index (χ0) is 16.7. The summed E-state index contributed by atoms with van der Waals surface area (Å²) in [5.41, 5.74) is 0.364. The van der Waals surface area contributed by atoms with Gasteiger partial charge in [0.1, 0.15) is 5.00 Å². The summed E-state index contributed by atoms with van der Waals surface area (Å²) >= 11 is 1.37. The number of nitrogens with zero attached hydrogens (tertiary/aromatic N) is 5. The van der Waals surface area contributed by atoms with Crippen LogP contribution >= 0.6 is 11.3 Å². The Morgan fingerprint density at radius 2 is 1.58 bits per heavy atom. The molecule has 0 fully saturated rings. The monoisotopic (exact) mass is 341 g/mol. The molecule has 2 amide bonds. The number of imide groups is 1. The van der Waals surface area contributed by atoms with Crippen molar-refractivity contribution in [2.75, 3.05) is 6.54 Å². The molecule has 0 saturated heterocycles. The van der Waals surface area contributed by atoms with Crippen molar-refractivity contribution in [2.45, 2.75) is 6.54 Å². The Morgan fingerprint density at radius 1 is 0.875 bits per heavy atom. The van der Waals surface area contributed by atoms with Crippen LogP contribution in [0, 0.1) is 0 Å². The summed E-state index contributed by atoms with van der Waals surface area (Å²) in [6.07, 6.45) is 0. The van der Waals surface area contributed by atoms with Crippen LogP contribution in [0.1, 0.15) is 20.7 Å². The zero-order valence-corrected chi connectivity index (χ0v) is 13.1. The number of carbonyl (C=O) groups is 2. The van der Waals surface area contributed by atoms with Crippen molar-refractivity contribution >= 4 is 23.2 Å². The molecular weight excluding hydrogens is 330 g/mol. The van der Waals surface area contributed by atoms with Gasteiger partial charge in [0.15, 0.2) is 0 Å². The van der Waals surface area contributed by atoms with Crippen LogP contribution in [0.2, 0.25) is 0 Å². The number of hydrogen-bond donors (Lipinski definition) is 0. The van der Waals surface area contributed by atoms with Gasteiger partial charge in [0, 0.05) is 6.54 Å². The number of benzene rings is 1. The van der Waals surface area contributed by atoms with E-state index in [1.165, 1.54) is 16.0 Å². The van der Waals surface area contributed by atoms with Gasteiger partial charge in [-0.25, -0.2) is 4.79 Å². The highest BCUT2D eigenvalue weighted by Crippen LogP contribution is 2.22. The van der Waals surface area contributed by atoms with Gasteiger partial charge in [-0.3, -0.25) is 14.5 Å². The van der Waals surface area contributed by atoms with Crippen molar-refractivity contribution in [1.29, 1.82) is 0 Å². The van der Waals surface area contributed by atoms with Crippen LogP contribution in [0.5, 0.6) is 0 Å². The number of aromatic nitrogens is 4. The summed E-state index contributed by atoms with van der Waals surface area (Å²) in [5, 5.41) is 10.1. The average molecular weight is 341 g/mol. The summed E-state index contributed by atoms with van der Waals surface area (Å²) in [6.45, 7) is 0.158. The molecule has 8 nitrogen and oxygen atoms in total. The van der Waals surface area contributed by atoms with E-state index in [1.54, 1.807) is 30.3 Å². The predicted octanol–water partition coefficient (Wildman–Crippen LogP) is 0.787. The Hall–Kier alpha value is -3.07. The molecule has 0 spiro atoms. The average Bonchev–Trinajstić information content (AvgIpc) is 3.29. The Kier molecular flexibility index (Phi) is 3.35. The molecule has 9 heteroatoms. The van der Waals surface area contributed by atoms with E-state index in [-0.39, 0.29) is 24.9 Å². The summed E-state index contributed by atoms with van der Waals surface area (Å²) in [5.74, 6) is -0.705. The number of carbonyl (C=O) groups excluding carboxylic acids is 2. The topological polar surface area (TPSA) is 90.1 Å². The molecule has 2 aromatic heterocycles. The number of hydrogen-bond acceptors (Lipinski definition) is 6. The van der Waals surface area contributed by atoms with Crippen LogP contribution in [0.4, 0.5) is 0 Å². The fourth-order valence-corrected chi connectivity index (χ4v) is 3.25. The molecule has 1 aliphatic heterocycles. The van der Waals surface area contributed by atoms with Crippen LogP contribution in [-0.2, 0) is 6.54 Å². The van der Waals surface area contributed by atoms with E-state index in [9.17, 15) is 14.4 Å². The highest BCUT2D eigenvalue weighted by molar-refractivity contribution is 7.12. The molecule has 4 rings (SSSR count). The van der Waals surface area contributed by atoms with Gasteiger partial charge < -0.3 is 0 Å². The van der Waals surface area contributed by atoms with Gasteiger partial charge in [0.2, 0.25) is 0 Å². The number of amides is 2. The van der Waals surface area contributed by atoms with Gasteiger partial charge in [0.25, 0.3) is 11.8 Å². The zero-order valence-electron chi connectivity index (χ0n) is 12.3. The second-order valence-electron chi connectivity index (χ2n) is 5.16. The molecule has 0 radical (unpaired) electrons. The molecule has 1 aromatic carbocycles. The quantitative estimate of drug-likeness (QED) is 0.654. The lowest BCUT2D eigenvalue weighted by atomic mass is 10.1. The maximum Gasteiger partial charge on any atom is 0.369 e. The van der Waals surface area contributed by atoms with Crippen molar-refractivity contribution in [2.24, 2.45) is 0 Å². The first kappa shape index (κ1) is 14.5. The molecular formula is C15H11N5O3S. The maximum absolute atomic E-state index is 12.3. The first-order valence-electron chi connectivity index (χ1n) is 7.19. The van der Waals surface area contributed by atoms with E-state index in [4.69, 9.17) is 0 Å². The van der Waals surface area contributed by atoms with E-state index >= 15 is 0 Å². The van der Waals surface area contributed by atoms with Crippen molar-refractivity contribution < 1.29 is 9.59 Å². The molecule has 0 N–H and O–H groups in total. The normalized spacial score (nSPS) is 13.6. The maximum atomic E-state index is 12.3. The molecule has 0 atom stereocenters. The number of tetrazole rings is 1. The third-order valence-electron chi connectivity index (χ3n) is 3.77. The summed E-state index contributed by atoms with van der Waals surface area (Å²) in [6, 6.07) is 10.2. The lowest BCUT2D eigenvalue weighted by molar-refractivity contribution is 0.0647. The van der Waals surface area contributed by atoms with E-state index in [1.807, 2.05) is 11.4 Å². The van der Waals surface area contributed by atoms with E-state index in [0.717, 1.165) is 9.58 Å². The smallest absolute Gasteiger partial charge is 0.272 e. The van der Waals surface area contributed by atoms with Gasteiger partial charge in [-0.2, -0.15) is 9.36 Å². The lowest BCUT2D eigenvalue weighted by Crippen LogP contribution is -2.35. The molecule has 3 heterocycles. The lowest BCUT2D eigenvalue weighted by Gasteiger charge is -2.12. The molecule has 120 valence electrons. The van der Waals surface area contributed by atoms with Crippen LogP contribution in [-0.4, -0.2) is 43.0 Å². The fourth-order valence-electron chi connectivity index (χ4n) is 2.58. The number of rotatable bonds is 4. The Bertz CT molecular complexity index is 954. The highest BCUT2D eigenvalue weighted by atomic mass is 32.1. The van der Waals surface area contributed by atoms with Gasteiger partial charge in [-0.05, 0) is 40.1 Å². The largest absolute Gasteiger partial charge is 0.369 e. The summed E-state index contributed by atoms with van der Waals surface area (Å²) in [7, 11) is 0. The highest BCUT2D eigenvalue weighted by Gasteiger charge is 2.34. The number of thiophene rings is 1. The molecule has 0 saturated carbocycles. The predicted molar refractivity (Wildman–Crippen MR) is 85.3 cm³/mol. The van der Waals surface area contributed by atoms with Crippen molar-refractivity contribution in [1.82, 2.24) is 24.7 Å². The Morgan fingerprint density at radius 3 is 2.21 bits per heavy atom. The van der Waals surface area contributed by atoms with Crippen molar-refractivity contribution in [3.05, 3.63) is 63.4 Å².